The molecule has 2 fully saturated rings. The Hall–Kier alpha value is -2.03. The van der Waals surface area contributed by atoms with Crippen molar-refractivity contribution in [2.75, 3.05) is 19.6 Å². The number of hydrazine groups is 1. The van der Waals surface area contributed by atoms with Gasteiger partial charge in [0.05, 0.1) is 12.0 Å². The monoisotopic (exact) mass is 349 g/mol. The molecule has 0 radical (unpaired) electrons. The van der Waals surface area contributed by atoms with Crippen molar-refractivity contribution in [1.29, 1.82) is 0 Å². The largest absolute Gasteiger partial charge is 0.355 e. The molecule has 0 aromatic heterocycles. The van der Waals surface area contributed by atoms with Gasteiger partial charge in [-0.1, -0.05) is 12.1 Å². The third kappa shape index (κ3) is 3.65. The van der Waals surface area contributed by atoms with E-state index in [4.69, 9.17) is 5.73 Å². The molecule has 0 aliphatic carbocycles. The van der Waals surface area contributed by atoms with Crippen molar-refractivity contribution in [1.82, 2.24) is 21.1 Å². The topological polar surface area (TPSA) is 99.5 Å². The van der Waals surface area contributed by atoms with E-state index in [0.717, 1.165) is 0 Å². The van der Waals surface area contributed by atoms with Gasteiger partial charge >= 0.3 is 0 Å². The van der Waals surface area contributed by atoms with Gasteiger partial charge in [0.15, 0.2) is 0 Å². The summed E-state index contributed by atoms with van der Waals surface area (Å²) < 4.78 is 13.5. The molecule has 1 aromatic rings. The van der Waals surface area contributed by atoms with Gasteiger partial charge in [-0.25, -0.2) is 9.82 Å². The molecule has 2 aliphatic heterocycles. The quantitative estimate of drug-likeness (QED) is 0.596. The third-order valence-corrected chi connectivity index (χ3v) is 4.78. The summed E-state index contributed by atoms with van der Waals surface area (Å²) in [7, 11) is 0. The van der Waals surface area contributed by atoms with Crippen LogP contribution in [0.4, 0.5) is 4.39 Å². The Kier molecular flexibility index (Phi) is 5.31. The highest BCUT2D eigenvalue weighted by Crippen LogP contribution is 2.29. The van der Waals surface area contributed by atoms with Crippen LogP contribution < -0.4 is 21.9 Å². The van der Waals surface area contributed by atoms with E-state index in [-0.39, 0.29) is 29.7 Å². The van der Waals surface area contributed by atoms with Gasteiger partial charge in [-0.3, -0.25) is 15.0 Å². The highest BCUT2D eigenvalue weighted by Gasteiger charge is 2.44. The lowest BCUT2D eigenvalue weighted by atomic mass is 9.93. The van der Waals surface area contributed by atoms with E-state index in [1.54, 1.807) is 17.0 Å². The van der Waals surface area contributed by atoms with Crippen LogP contribution in [0, 0.1) is 11.7 Å². The average molecular weight is 349 g/mol. The van der Waals surface area contributed by atoms with Crippen LogP contribution in [0.1, 0.15) is 24.9 Å². The molecule has 8 heteroatoms. The van der Waals surface area contributed by atoms with Crippen molar-refractivity contribution in [3.63, 3.8) is 0 Å². The minimum Gasteiger partial charge on any atom is -0.355 e. The standard InChI is InChI=1S/C17H24FN5O2/c1-2-20-16(24)14-7-12(19)9-23(14)17(25)13-8-21-22-15(13)10-4-3-5-11(18)6-10/h3-6,12-15,21-22H,2,7-9,19H2,1H3,(H,20,24)/t12-,13?,14-,15?/m0/s1. The van der Waals surface area contributed by atoms with E-state index in [9.17, 15) is 14.0 Å². The van der Waals surface area contributed by atoms with E-state index in [2.05, 4.69) is 16.2 Å². The first kappa shape index (κ1) is 17.8. The first-order valence-electron chi connectivity index (χ1n) is 8.59. The molecule has 2 heterocycles. The lowest BCUT2D eigenvalue weighted by molar-refractivity contribution is -0.141. The Labute approximate surface area is 146 Å². The molecule has 136 valence electrons. The second kappa shape index (κ2) is 7.47. The molecule has 4 atom stereocenters. The van der Waals surface area contributed by atoms with E-state index in [1.807, 2.05) is 6.92 Å². The molecule has 0 bridgehead atoms. The molecule has 1 aromatic carbocycles. The lowest BCUT2D eigenvalue weighted by Gasteiger charge is -2.28. The highest BCUT2D eigenvalue weighted by molar-refractivity contribution is 5.90. The number of nitrogens with zero attached hydrogens (tertiary/aromatic N) is 1. The summed E-state index contributed by atoms with van der Waals surface area (Å²) >= 11 is 0. The number of carbonyl (C=O) groups excluding carboxylic acids is 2. The number of rotatable bonds is 4. The van der Waals surface area contributed by atoms with Crippen LogP contribution in [0.15, 0.2) is 24.3 Å². The fraction of sp³-hybridized carbons (Fsp3) is 0.529. The average Bonchev–Trinajstić information content (AvgIpc) is 3.21. The molecule has 3 rings (SSSR count). The molecule has 25 heavy (non-hydrogen) atoms. The van der Waals surface area contributed by atoms with Crippen LogP contribution in [-0.4, -0.2) is 48.4 Å². The number of amides is 2. The smallest absolute Gasteiger partial charge is 0.242 e. The predicted molar refractivity (Wildman–Crippen MR) is 90.5 cm³/mol. The minimum absolute atomic E-state index is 0.143. The van der Waals surface area contributed by atoms with Crippen LogP contribution >= 0.6 is 0 Å². The van der Waals surface area contributed by atoms with E-state index >= 15 is 0 Å². The molecule has 2 aliphatic rings. The molecule has 5 N–H and O–H groups in total. The van der Waals surface area contributed by atoms with Crippen molar-refractivity contribution in [3.05, 3.63) is 35.6 Å². The normalized spacial score (nSPS) is 29.0. The highest BCUT2D eigenvalue weighted by atomic mass is 19.1. The Morgan fingerprint density at radius 2 is 2.24 bits per heavy atom. The van der Waals surface area contributed by atoms with Gasteiger partial charge in [0.25, 0.3) is 0 Å². The van der Waals surface area contributed by atoms with Crippen molar-refractivity contribution in [2.45, 2.75) is 31.5 Å². The third-order valence-electron chi connectivity index (χ3n) is 4.78. The zero-order chi connectivity index (χ0) is 18.0. The first-order chi connectivity index (χ1) is 12.0. The maximum Gasteiger partial charge on any atom is 0.242 e. The second-order valence-electron chi connectivity index (χ2n) is 6.56. The molecule has 0 saturated carbocycles. The molecular formula is C17H24FN5O2. The molecule has 7 nitrogen and oxygen atoms in total. The van der Waals surface area contributed by atoms with Gasteiger partial charge < -0.3 is 16.0 Å². The summed E-state index contributed by atoms with van der Waals surface area (Å²) in [6.45, 7) is 3.11. The zero-order valence-corrected chi connectivity index (χ0v) is 14.2. The number of likely N-dealkylation sites (tertiary alicyclic amines) is 1. The Morgan fingerprint density at radius 1 is 1.44 bits per heavy atom. The zero-order valence-electron chi connectivity index (χ0n) is 14.2. The maximum atomic E-state index is 13.5. The molecule has 2 unspecified atom stereocenters. The number of nitrogens with two attached hydrogens (primary N) is 1. The van der Waals surface area contributed by atoms with Gasteiger partial charge in [0.1, 0.15) is 11.9 Å². The lowest BCUT2D eigenvalue weighted by Crippen LogP contribution is -2.49. The summed E-state index contributed by atoms with van der Waals surface area (Å²) in [6, 6.07) is 5.08. The molecular weight excluding hydrogens is 325 g/mol. The van der Waals surface area contributed by atoms with Gasteiger partial charge in [-0.15, -0.1) is 0 Å². The van der Waals surface area contributed by atoms with Crippen LogP contribution in [0.3, 0.4) is 0 Å². The first-order valence-corrected chi connectivity index (χ1v) is 8.59. The number of benzene rings is 1. The fourth-order valence-electron chi connectivity index (χ4n) is 3.61. The van der Waals surface area contributed by atoms with Crippen LogP contribution in [-0.2, 0) is 9.59 Å². The van der Waals surface area contributed by atoms with Gasteiger partial charge in [0.2, 0.25) is 11.8 Å². The van der Waals surface area contributed by atoms with Gasteiger partial charge in [0, 0.05) is 25.7 Å². The van der Waals surface area contributed by atoms with E-state index < -0.39 is 12.0 Å². The summed E-state index contributed by atoms with van der Waals surface area (Å²) in [5.74, 6) is -1.09. The summed E-state index contributed by atoms with van der Waals surface area (Å²) in [5, 5.41) is 2.76. The Morgan fingerprint density at radius 3 is 2.96 bits per heavy atom. The molecule has 2 saturated heterocycles. The minimum atomic E-state index is -0.545. The number of likely N-dealkylation sites (N-methyl/N-ethyl adjacent to an activating group) is 1. The van der Waals surface area contributed by atoms with Crippen molar-refractivity contribution < 1.29 is 14.0 Å². The van der Waals surface area contributed by atoms with Crippen molar-refractivity contribution in [2.24, 2.45) is 11.7 Å². The number of halogens is 1. The van der Waals surface area contributed by atoms with Crippen molar-refractivity contribution >= 4 is 11.8 Å². The van der Waals surface area contributed by atoms with E-state index in [0.29, 0.717) is 31.6 Å². The SMILES string of the molecule is CCNC(=O)[C@@H]1C[C@H](N)CN1C(=O)C1CNNC1c1cccc(F)c1. The molecule has 0 spiro atoms. The van der Waals surface area contributed by atoms with Gasteiger partial charge in [-0.05, 0) is 31.0 Å². The van der Waals surface area contributed by atoms with Crippen LogP contribution in [0.5, 0.6) is 0 Å². The Bertz CT molecular complexity index is 656. The van der Waals surface area contributed by atoms with Gasteiger partial charge in [-0.2, -0.15) is 0 Å². The summed E-state index contributed by atoms with van der Waals surface area (Å²) in [6.07, 6.45) is 0.454. The molecule has 2 amide bonds. The second-order valence-corrected chi connectivity index (χ2v) is 6.56. The number of nitrogens with one attached hydrogen (secondary N) is 3. The summed E-state index contributed by atoms with van der Waals surface area (Å²) in [5.41, 5.74) is 12.7. The number of carbonyl (C=O) groups is 2. The Balaban J connectivity index is 1.79. The van der Waals surface area contributed by atoms with Crippen LogP contribution in [0.2, 0.25) is 0 Å². The summed E-state index contributed by atoms with van der Waals surface area (Å²) in [4.78, 5) is 26.9. The number of hydrogen-bond donors (Lipinski definition) is 4. The van der Waals surface area contributed by atoms with Crippen LogP contribution in [0.25, 0.3) is 0 Å². The number of hydrogen-bond acceptors (Lipinski definition) is 5. The fourth-order valence-corrected chi connectivity index (χ4v) is 3.61. The predicted octanol–water partition coefficient (Wildman–Crippen LogP) is -0.345. The van der Waals surface area contributed by atoms with E-state index in [1.165, 1.54) is 12.1 Å². The maximum absolute atomic E-state index is 13.5. The van der Waals surface area contributed by atoms with Crippen molar-refractivity contribution in [3.8, 4) is 0 Å².